The zero-order valence-corrected chi connectivity index (χ0v) is 12.3. The van der Waals surface area contributed by atoms with Gasteiger partial charge in [0.25, 0.3) is 0 Å². The monoisotopic (exact) mass is 288 g/mol. The van der Waals surface area contributed by atoms with E-state index >= 15 is 0 Å². The molecule has 0 aliphatic rings. The molecule has 0 atom stereocenters. The SMILES string of the molecule is Cc1nc(C)c(C(=O)O)c(SCCc2ccccc2)n1. The van der Waals surface area contributed by atoms with Crippen LogP contribution >= 0.6 is 11.8 Å². The maximum Gasteiger partial charge on any atom is 0.340 e. The Kier molecular flexibility index (Phi) is 4.74. The molecular formula is C15H16N2O2S. The lowest BCUT2D eigenvalue weighted by Crippen LogP contribution is -2.08. The van der Waals surface area contributed by atoms with Gasteiger partial charge in [-0.1, -0.05) is 30.3 Å². The second-order valence-electron chi connectivity index (χ2n) is 4.43. The van der Waals surface area contributed by atoms with Crippen LogP contribution in [0.2, 0.25) is 0 Å². The normalized spacial score (nSPS) is 10.5. The van der Waals surface area contributed by atoms with Crippen molar-refractivity contribution in [3.05, 3.63) is 53.0 Å². The Hall–Kier alpha value is -1.88. The number of rotatable bonds is 5. The van der Waals surface area contributed by atoms with Crippen LogP contribution in [0, 0.1) is 13.8 Å². The van der Waals surface area contributed by atoms with Crippen molar-refractivity contribution in [2.24, 2.45) is 0 Å². The molecule has 0 saturated heterocycles. The highest BCUT2D eigenvalue weighted by Gasteiger charge is 2.17. The molecule has 1 aromatic heterocycles. The first-order chi connectivity index (χ1) is 9.58. The third kappa shape index (κ3) is 3.57. The van der Waals surface area contributed by atoms with Gasteiger partial charge in [0, 0.05) is 5.75 Å². The Balaban J connectivity index is 2.11. The summed E-state index contributed by atoms with van der Waals surface area (Å²) in [7, 11) is 0. The Labute approximate surface area is 122 Å². The molecule has 20 heavy (non-hydrogen) atoms. The Bertz CT molecular complexity index is 615. The molecule has 5 heteroatoms. The van der Waals surface area contributed by atoms with Gasteiger partial charge in [0.1, 0.15) is 16.4 Å². The molecule has 0 spiro atoms. The molecular weight excluding hydrogens is 272 g/mol. The first-order valence-electron chi connectivity index (χ1n) is 6.33. The summed E-state index contributed by atoms with van der Waals surface area (Å²) in [6, 6.07) is 10.1. The number of carbonyl (C=O) groups is 1. The predicted molar refractivity (Wildman–Crippen MR) is 79.3 cm³/mol. The van der Waals surface area contributed by atoms with Crippen molar-refractivity contribution in [1.82, 2.24) is 9.97 Å². The minimum absolute atomic E-state index is 0.216. The molecule has 1 aromatic carbocycles. The van der Waals surface area contributed by atoms with Gasteiger partial charge in [-0.15, -0.1) is 11.8 Å². The third-order valence-corrected chi connectivity index (χ3v) is 3.83. The molecule has 104 valence electrons. The van der Waals surface area contributed by atoms with Crippen molar-refractivity contribution in [2.45, 2.75) is 25.3 Å². The number of hydrogen-bond donors (Lipinski definition) is 1. The summed E-state index contributed by atoms with van der Waals surface area (Å²) in [4.78, 5) is 19.7. The molecule has 4 nitrogen and oxygen atoms in total. The van der Waals surface area contributed by atoms with E-state index in [1.807, 2.05) is 18.2 Å². The van der Waals surface area contributed by atoms with Gasteiger partial charge in [-0.05, 0) is 25.8 Å². The van der Waals surface area contributed by atoms with Gasteiger partial charge in [-0.2, -0.15) is 0 Å². The Morgan fingerprint density at radius 3 is 2.55 bits per heavy atom. The Morgan fingerprint density at radius 1 is 1.20 bits per heavy atom. The van der Waals surface area contributed by atoms with Crippen LogP contribution < -0.4 is 0 Å². The summed E-state index contributed by atoms with van der Waals surface area (Å²) in [6.07, 6.45) is 0.882. The van der Waals surface area contributed by atoms with E-state index in [0.29, 0.717) is 16.5 Å². The summed E-state index contributed by atoms with van der Waals surface area (Å²) in [6.45, 7) is 3.49. The maximum atomic E-state index is 11.3. The van der Waals surface area contributed by atoms with Crippen molar-refractivity contribution in [3.8, 4) is 0 Å². The van der Waals surface area contributed by atoms with E-state index in [9.17, 15) is 9.90 Å². The van der Waals surface area contributed by atoms with E-state index in [1.165, 1.54) is 17.3 Å². The molecule has 2 rings (SSSR count). The highest BCUT2D eigenvalue weighted by molar-refractivity contribution is 7.99. The fourth-order valence-electron chi connectivity index (χ4n) is 1.94. The average molecular weight is 288 g/mol. The largest absolute Gasteiger partial charge is 0.478 e. The fraction of sp³-hybridized carbons (Fsp3) is 0.267. The number of aromatic nitrogens is 2. The summed E-state index contributed by atoms with van der Waals surface area (Å²) < 4.78 is 0. The molecule has 0 aliphatic heterocycles. The molecule has 0 radical (unpaired) electrons. The summed E-state index contributed by atoms with van der Waals surface area (Å²) in [5, 5.41) is 9.81. The zero-order valence-electron chi connectivity index (χ0n) is 11.5. The number of hydrogen-bond acceptors (Lipinski definition) is 4. The van der Waals surface area contributed by atoms with Crippen molar-refractivity contribution >= 4 is 17.7 Å². The number of aromatic carboxylic acids is 1. The number of aryl methyl sites for hydroxylation is 3. The van der Waals surface area contributed by atoms with Gasteiger partial charge in [0.2, 0.25) is 0 Å². The smallest absolute Gasteiger partial charge is 0.340 e. The van der Waals surface area contributed by atoms with E-state index in [1.54, 1.807) is 13.8 Å². The lowest BCUT2D eigenvalue weighted by molar-refractivity contribution is 0.0690. The van der Waals surface area contributed by atoms with E-state index in [0.717, 1.165) is 12.2 Å². The number of carboxylic acid groups (broad SMARTS) is 1. The van der Waals surface area contributed by atoms with Crippen molar-refractivity contribution < 1.29 is 9.90 Å². The molecule has 1 N–H and O–H groups in total. The maximum absolute atomic E-state index is 11.3. The van der Waals surface area contributed by atoms with Gasteiger partial charge in [-0.25, -0.2) is 14.8 Å². The molecule has 0 unspecified atom stereocenters. The average Bonchev–Trinajstić information content (AvgIpc) is 2.38. The van der Waals surface area contributed by atoms with E-state index in [2.05, 4.69) is 22.1 Å². The fourth-order valence-corrected chi connectivity index (χ4v) is 3.05. The van der Waals surface area contributed by atoms with Gasteiger partial charge >= 0.3 is 5.97 Å². The van der Waals surface area contributed by atoms with Gasteiger partial charge in [0.15, 0.2) is 0 Å². The zero-order chi connectivity index (χ0) is 14.5. The summed E-state index contributed by atoms with van der Waals surface area (Å²) in [5.41, 5.74) is 1.97. The topological polar surface area (TPSA) is 63.1 Å². The highest BCUT2D eigenvalue weighted by atomic mass is 32.2. The lowest BCUT2D eigenvalue weighted by Gasteiger charge is -2.08. The minimum atomic E-state index is -0.968. The van der Waals surface area contributed by atoms with E-state index < -0.39 is 5.97 Å². The van der Waals surface area contributed by atoms with Gasteiger partial charge < -0.3 is 5.11 Å². The van der Waals surface area contributed by atoms with Gasteiger partial charge in [-0.3, -0.25) is 0 Å². The van der Waals surface area contributed by atoms with Crippen LogP contribution in [0.25, 0.3) is 0 Å². The summed E-state index contributed by atoms with van der Waals surface area (Å²) >= 11 is 1.47. The molecule has 0 saturated carbocycles. The Morgan fingerprint density at radius 2 is 1.90 bits per heavy atom. The van der Waals surface area contributed by atoms with Crippen molar-refractivity contribution in [1.29, 1.82) is 0 Å². The quantitative estimate of drug-likeness (QED) is 0.676. The summed E-state index contributed by atoms with van der Waals surface area (Å²) in [5.74, 6) is 0.430. The van der Waals surface area contributed by atoms with Crippen molar-refractivity contribution in [3.63, 3.8) is 0 Å². The van der Waals surface area contributed by atoms with Crippen LogP contribution in [0.3, 0.4) is 0 Å². The molecule has 0 bridgehead atoms. The van der Waals surface area contributed by atoms with E-state index in [4.69, 9.17) is 0 Å². The predicted octanol–water partition coefficient (Wildman–Crippen LogP) is 3.13. The highest BCUT2D eigenvalue weighted by Crippen LogP contribution is 2.23. The second-order valence-corrected chi connectivity index (χ2v) is 5.51. The lowest BCUT2D eigenvalue weighted by atomic mass is 10.2. The van der Waals surface area contributed by atoms with Crippen LogP contribution in [0.15, 0.2) is 35.4 Å². The van der Waals surface area contributed by atoms with Crippen LogP contribution in [-0.4, -0.2) is 26.8 Å². The standard InChI is InChI=1S/C15H16N2O2S/c1-10-13(15(18)19)14(17-11(2)16-10)20-9-8-12-6-4-3-5-7-12/h3-7H,8-9H2,1-2H3,(H,18,19). The second kappa shape index (κ2) is 6.52. The molecule has 0 amide bonds. The number of benzene rings is 1. The van der Waals surface area contributed by atoms with Gasteiger partial charge in [0.05, 0.1) is 5.69 Å². The third-order valence-electron chi connectivity index (χ3n) is 2.85. The number of carboxylic acids is 1. The molecule has 0 fully saturated rings. The molecule has 2 aromatic rings. The van der Waals surface area contributed by atoms with Crippen LogP contribution in [-0.2, 0) is 6.42 Å². The van der Waals surface area contributed by atoms with Crippen LogP contribution in [0.1, 0.15) is 27.4 Å². The number of thioether (sulfide) groups is 1. The first kappa shape index (κ1) is 14.5. The number of nitrogens with zero attached hydrogens (tertiary/aromatic N) is 2. The van der Waals surface area contributed by atoms with Crippen LogP contribution in [0.4, 0.5) is 0 Å². The molecule has 1 heterocycles. The first-order valence-corrected chi connectivity index (χ1v) is 7.31. The molecule has 0 aliphatic carbocycles. The minimum Gasteiger partial charge on any atom is -0.478 e. The van der Waals surface area contributed by atoms with Crippen LogP contribution in [0.5, 0.6) is 0 Å². The van der Waals surface area contributed by atoms with E-state index in [-0.39, 0.29) is 5.56 Å². The van der Waals surface area contributed by atoms with Crippen molar-refractivity contribution in [2.75, 3.05) is 5.75 Å².